The van der Waals surface area contributed by atoms with E-state index in [1.54, 1.807) is 33.4 Å². The smallest absolute Gasteiger partial charge is 1.00 e. The molecule has 1 aromatic carbocycles. The molecule has 0 heterocycles. The molecule has 2 atom stereocenters. The van der Waals surface area contributed by atoms with E-state index in [0.29, 0.717) is 5.92 Å². The minimum Gasteiger partial charge on any atom is -1.00 e. The number of rotatable bonds is 2. The Bertz CT molecular complexity index is 811. The molecule has 25 heavy (non-hydrogen) atoms. The monoisotopic (exact) mass is 514 g/mol. The van der Waals surface area contributed by atoms with E-state index in [0.717, 1.165) is 3.63 Å². The number of hydrogen-bond donors (Lipinski definition) is 0. The molecule has 3 rings (SSSR count). The Morgan fingerprint density at radius 1 is 0.920 bits per heavy atom. The summed E-state index contributed by atoms with van der Waals surface area (Å²) >= 11 is -1.68. The SMILES string of the molecule is CC1=CC(C)[C]([Zr+2]([CH]2C(C)=C(C)c3ccccc32)=[Ge]([CH3])[CH3])=C1C.[Cl-].[Cl-]. The molecule has 2 aliphatic carbocycles. The van der Waals surface area contributed by atoms with E-state index >= 15 is 0 Å². The van der Waals surface area contributed by atoms with Crippen LogP contribution in [0.2, 0.25) is 11.5 Å². The second-order valence-electron chi connectivity index (χ2n) is 7.42. The van der Waals surface area contributed by atoms with E-state index in [2.05, 4.69) is 76.5 Å². The zero-order valence-corrected chi connectivity index (χ0v) is 22.4. The van der Waals surface area contributed by atoms with Gasteiger partial charge in [-0.05, 0) is 0 Å². The number of allylic oxidation sites excluding steroid dienone is 6. The van der Waals surface area contributed by atoms with Gasteiger partial charge in [-0.15, -0.1) is 0 Å². The Balaban J connectivity index is 0.00000156. The van der Waals surface area contributed by atoms with E-state index in [-0.39, 0.29) is 24.8 Å². The quantitative estimate of drug-likeness (QED) is 0.497. The molecular weight excluding hydrogens is 487 g/mol. The van der Waals surface area contributed by atoms with Crippen LogP contribution in [0.4, 0.5) is 0 Å². The molecular formula is C21H28Cl2GeZr. The first-order valence-electron chi connectivity index (χ1n) is 8.68. The molecule has 0 spiro atoms. The van der Waals surface area contributed by atoms with E-state index in [1.807, 2.05) is 3.28 Å². The van der Waals surface area contributed by atoms with Gasteiger partial charge in [0.2, 0.25) is 0 Å². The number of hydrogen-bond acceptors (Lipinski definition) is 0. The van der Waals surface area contributed by atoms with Gasteiger partial charge in [0.05, 0.1) is 0 Å². The fourth-order valence-corrected chi connectivity index (χ4v) is 37.4. The fraction of sp³-hybridized carbons (Fsp3) is 0.429. The van der Waals surface area contributed by atoms with Crippen LogP contribution in [0.3, 0.4) is 0 Å². The third kappa shape index (κ3) is 4.01. The Hall–Kier alpha value is 0.446. The summed E-state index contributed by atoms with van der Waals surface area (Å²) in [6, 6.07) is 9.25. The molecule has 0 fully saturated rings. The zero-order valence-electron chi connectivity index (χ0n) is 16.3. The van der Waals surface area contributed by atoms with Crippen LogP contribution in [0.1, 0.15) is 49.4 Å². The van der Waals surface area contributed by atoms with E-state index in [1.165, 1.54) is 0 Å². The topological polar surface area (TPSA) is 0 Å². The summed E-state index contributed by atoms with van der Waals surface area (Å²) in [7, 11) is -0.946. The third-order valence-electron chi connectivity index (χ3n) is 5.77. The molecule has 134 valence electrons. The van der Waals surface area contributed by atoms with E-state index in [4.69, 9.17) is 0 Å². The first-order valence-corrected chi connectivity index (χ1v) is 23.0. The summed E-state index contributed by atoms with van der Waals surface area (Å²) in [5.74, 6) is 6.01. The maximum atomic E-state index is 2.65. The van der Waals surface area contributed by atoms with Crippen molar-refractivity contribution in [2.75, 3.05) is 0 Å². The van der Waals surface area contributed by atoms with Crippen LogP contribution in [0.25, 0.3) is 5.57 Å². The molecule has 0 nitrogen and oxygen atoms in total. The van der Waals surface area contributed by atoms with Crippen LogP contribution >= 0.6 is 0 Å². The van der Waals surface area contributed by atoms with Gasteiger partial charge in [-0.3, -0.25) is 0 Å². The Labute approximate surface area is 174 Å². The van der Waals surface area contributed by atoms with Crippen LogP contribution in [0, 0.1) is 5.92 Å². The standard InChI is InChI=1S/C11H11.C8H11.C2H6Ge.2ClH.Zr/c1-8-7-10-5-3-4-6-11(10)9(8)2;1-6-4-7(2)8(3)5-6;1-3-2;;;/h3-7H,1-2H3;4,6H,1-3H3;1-2H3;2*1H;/q;;;;;+2/p-2. The molecule has 2 aliphatic rings. The molecule has 0 saturated carbocycles. The summed E-state index contributed by atoms with van der Waals surface area (Å²) < 4.78 is 2.75. The van der Waals surface area contributed by atoms with Gasteiger partial charge in [0.1, 0.15) is 0 Å². The van der Waals surface area contributed by atoms with Crippen molar-refractivity contribution in [3.8, 4) is 0 Å². The van der Waals surface area contributed by atoms with Crippen LogP contribution in [0.15, 0.2) is 50.3 Å². The van der Waals surface area contributed by atoms with Gasteiger partial charge >= 0.3 is 151 Å². The third-order valence-corrected chi connectivity index (χ3v) is 35.4. The molecule has 4 heteroatoms. The van der Waals surface area contributed by atoms with E-state index < -0.39 is 28.6 Å². The van der Waals surface area contributed by atoms with Crippen molar-refractivity contribution in [3.63, 3.8) is 0 Å². The van der Waals surface area contributed by atoms with Crippen molar-refractivity contribution < 1.29 is 43.4 Å². The molecule has 0 aromatic heterocycles. The van der Waals surface area contributed by atoms with Gasteiger partial charge in [-0.1, -0.05) is 0 Å². The van der Waals surface area contributed by atoms with Crippen molar-refractivity contribution in [1.29, 1.82) is 0 Å². The fourth-order valence-electron chi connectivity index (χ4n) is 4.42. The minimum absolute atomic E-state index is 0. The van der Waals surface area contributed by atoms with Gasteiger partial charge in [-0.2, -0.15) is 0 Å². The maximum absolute atomic E-state index is 2.65. The van der Waals surface area contributed by atoms with Gasteiger partial charge in [0.25, 0.3) is 0 Å². The first kappa shape index (κ1) is 23.5. The molecule has 0 aliphatic heterocycles. The predicted molar refractivity (Wildman–Crippen MR) is 101 cm³/mol. The molecule has 0 saturated heterocycles. The average molecular weight is 515 g/mol. The van der Waals surface area contributed by atoms with Crippen LogP contribution in [0.5, 0.6) is 0 Å². The van der Waals surface area contributed by atoms with Crippen molar-refractivity contribution in [2.45, 2.75) is 49.8 Å². The predicted octanol–water partition coefficient (Wildman–Crippen LogP) is 0.282. The zero-order chi connectivity index (χ0) is 16.9. The number of benzene rings is 1. The molecule has 1 aromatic rings. The van der Waals surface area contributed by atoms with Crippen molar-refractivity contribution in [2.24, 2.45) is 5.92 Å². The Morgan fingerprint density at radius 3 is 2.04 bits per heavy atom. The van der Waals surface area contributed by atoms with E-state index in [9.17, 15) is 0 Å². The Kier molecular flexibility index (Phi) is 8.54. The maximum Gasteiger partial charge on any atom is -1.00 e. The summed E-state index contributed by atoms with van der Waals surface area (Å²) in [5.41, 5.74) is 9.69. The van der Waals surface area contributed by atoms with Gasteiger partial charge in [0, 0.05) is 0 Å². The summed E-state index contributed by atoms with van der Waals surface area (Å²) in [4.78, 5) is 0. The van der Waals surface area contributed by atoms with Crippen molar-refractivity contribution >= 4 is 15.5 Å². The second kappa shape index (κ2) is 9.09. The summed E-state index contributed by atoms with van der Waals surface area (Å²) in [6.45, 7) is 11.9. The van der Waals surface area contributed by atoms with Crippen LogP contribution < -0.4 is 24.8 Å². The van der Waals surface area contributed by atoms with Crippen molar-refractivity contribution in [1.82, 2.24) is 0 Å². The van der Waals surface area contributed by atoms with Gasteiger partial charge < -0.3 is 24.8 Å². The second-order valence-corrected chi connectivity index (χ2v) is 35.9. The molecule has 0 radical (unpaired) electrons. The van der Waals surface area contributed by atoms with Gasteiger partial charge in [0.15, 0.2) is 0 Å². The summed E-state index contributed by atoms with van der Waals surface area (Å²) in [6.07, 6.45) is 2.53. The molecule has 0 amide bonds. The van der Waals surface area contributed by atoms with Crippen LogP contribution in [-0.4, -0.2) is 9.98 Å². The van der Waals surface area contributed by atoms with Crippen LogP contribution in [-0.2, 0) is 18.6 Å². The number of fused-ring (bicyclic) bond motifs is 1. The Morgan fingerprint density at radius 2 is 1.52 bits per heavy atom. The average Bonchev–Trinajstić information content (AvgIpc) is 2.90. The first-order chi connectivity index (χ1) is 10.8. The van der Waals surface area contributed by atoms with Crippen molar-refractivity contribution in [3.05, 3.63) is 61.5 Å². The minimum atomic E-state index is -1.68. The summed E-state index contributed by atoms with van der Waals surface area (Å²) in [5, 5.41) is 0. The molecule has 0 bridgehead atoms. The normalized spacial score (nSPS) is 21.1. The number of halogens is 2. The van der Waals surface area contributed by atoms with Gasteiger partial charge in [-0.25, -0.2) is 0 Å². The molecule has 0 N–H and O–H groups in total. The molecule has 2 unspecified atom stereocenters. The largest absolute Gasteiger partial charge is 1.00 e.